The highest BCUT2D eigenvalue weighted by Crippen LogP contribution is 2.34. The molecule has 7 nitrogen and oxygen atoms in total. The van der Waals surface area contributed by atoms with Gasteiger partial charge in [0, 0.05) is 18.8 Å². The Hall–Kier alpha value is -3.35. The van der Waals surface area contributed by atoms with Gasteiger partial charge in [-0.2, -0.15) is 4.31 Å². The number of pyridine rings is 1. The summed E-state index contributed by atoms with van der Waals surface area (Å²) < 4.78 is 69.5. The number of thiazole rings is 1. The third-order valence-corrected chi connectivity index (χ3v) is 8.80. The quantitative estimate of drug-likeness (QED) is 0.365. The summed E-state index contributed by atoms with van der Waals surface area (Å²) in [4.78, 5) is 23.5. The predicted molar refractivity (Wildman–Crippen MR) is 128 cm³/mol. The number of fused-ring (bicyclic) bond motifs is 1. The summed E-state index contributed by atoms with van der Waals surface area (Å²) in [5.74, 6) is -2.78. The molecule has 1 saturated heterocycles. The molecule has 4 aromatic rings. The molecule has 36 heavy (non-hydrogen) atoms. The first-order chi connectivity index (χ1) is 17.2. The van der Waals surface area contributed by atoms with Crippen LogP contribution in [0, 0.1) is 17.5 Å². The molecule has 0 N–H and O–H groups in total. The Labute approximate surface area is 208 Å². The van der Waals surface area contributed by atoms with Gasteiger partial charge < -0.3 is 0 Å². The van der Waals surface area contributed by atoms with Crippen LogP contribution in [0.15, 0.2) is 65.7 Å². The molecule has 1 aliphatic rings. The number of rotatable bonds is 6. The maximum Gasteiger partial charge on any atom is 0.247 e. The van der Waals surface area contributed by atoms with E-state index in [0.29, 0.717) is 18.2 Å². The van der Waals surface area contributed by atoms with E-state index in [9.17, 15) is 26.4 Å². The molecule has 1 amide bonds. The standard InChI is InChI=1S/C24H19F3N4O3S2/c25-15-6-8-18(9-7-15)36(33,34)31-11-3-5-20(31)23(32)30(14-17-4-1-2-10-28-17)24-29-22-19(27)12-16(26)13-21(22)35-24/h1-2,4,6-10,12-13,20H,3,5,11,14H2. The van der Waals surface area contributed by atoms with Crippen LogP contribution in [0.2, 0.25) is 0 Å². The number of carbonyl (C=O) groups excluding carboxylic acids is 1. The molecule has 0 spiro atoms. The molecule has 2 aromatic heterocycles. The molecule has 3 heterocycles. The van der Waals surface area contributed by atoms with Gasteiger partial charge >= 0.3 is 0 Å². The first kappa shape index (κ1) is 24.3. The lowest BCUT2D eigenvalue weighted by Crippen LogP contribution is -2.47. The number of sulfonamides is 1. The SMILES string of the molecule is O=C(C1CCCN1S(=O)(=O)c1ccc(F)cc1)N(Cc1ccccn1)c1nc2c(F)cc(F)cc2s1. The topological polar surface area (TPSA) is 83.5 Å². The number of hydrogen-bond donors (Lipinski definition) is 0. The molecule has 0 bridgehead atoms. The van der Waals surface area contributed by atoms with Crippen LogP contribution in [0.5, 0.6) is 0 Å². The van der Waals surface area contributed by atoms with Crippen molar-refractivity contribution in [3.05, 3.63) is 83.9 Å². The van der Waals surface area contributed by atoms with Gasteiger partial charge in [-0.3, -0.25) is 14.7 Å². The lowest BCUT2D eigenvalue weighted by molar-refractivity contribution is -0.121. The number of halogens is 3. The molecule has 1 unspecified atom stereocenters. The van der Waals surface area contributed by atoms with Crippen LogP contribution in [-0.2, 0) is 21.4 Å². The van der Waals surface area contributed by atoms with Crippen molar-refractivity contribution >= 4 is 42.6 Å². The summed E-state index contributed by atoms with van der Waals surface area (Å²) in [6.45, 7) is 0.0533. The van der Waals surface area contributed by atoms with E-state index in [0.717, 1.165) is 46.0 Å². The molecule has 1 atom stereocenters. The van der Waals surface area contributed by atoms with Gasteiger partial charge in [-0.05, 0) is 55.3 Å². The number of benzene rings is 2. The van der Waals surface area contributed by atoms with Gasteiger partial charge in [-0.1, -0.05) is 17.4 Å². The Balaban J connectivity index is 1.54. The van der Waals surface area contributed by atoms with Gasteiger partial charge in [-0.25, -0.2) is 26.6 Å². The van der Waals surface area contributed by atoms with Gasteiger partial charge in [0.2, 0.25) is 15.9 Å². The Morgan fingerprint density at radius 3 is 2.58 bits per heavy atom. The zero-order chi connectivity index (χ0) is 25.4. The van der Waals surface area contributed by atoms with Crippen molar-refractivity contribution in [1.82, 2.24) is 14.3 Å². The van der Waals surface area contributed by atoms with E-state index in [4.69, 9.17) is 0 Å². The largest absolute Gasteiger partial charge is 0.281 e. The van der Waals surface area contributed by atoms with E-state index in [2.05, 4.69) is 9.97 Å². The van der Waals surface area contributed by atoms with E-state index in [1.807, 2.05) is 0 Å². The number of amides is 1. The number of aromatic nitrogens is 2. The minimum Gasteiger partial charge on any atom is -0.281 e. The maximum atomic E-state index is 14.4. The van der Waals surface area contributed by atoms with Gasteiger partial charge in [0.1, 0.15) is 23.2 Å². The summed E-state index contributed by atoms with van der Waals surface area (Å²) in [5.41, 5.74) is 0.417. The molecule has 186 valence electrons. The summed E-state index contributed by atoms with van der Waals surface area (Å²) in [7, 11) is -4.10. The second kappa shape index (κ2) is 9.60. The van der Waals surface area contributed by atoms with Crippen molar-refractivity contribution in [2.75, 3.05) is 11.4 Å². The van der Waals surface area contributed by atoms with Crippen LogP contribution in [0.25, 0.3) is 10.2 Å². The molecule has 0 saturated carbocycles. The van der Waals surface area contributed by atoms with Crippen molar-refractivity contribution in [3.8, 4) is 0 Å². The second-order valence-electron chi connectivity index (χ2n) is 8.20. The maximum absolute atomic E-state index is 14.4. The zero-order valence-electron chi connectivity index (χ0n) is 18.6. The Morgan fingerprint density at radius 2 is 1.86 bits per heavy atom. The van der Waals surface area contributed by atoms with E-state index >= 15 is 0 Å². The molecular weight excluding hydrogens is 513 g/mol. The lowest BCUT2D eigenvalue weighted by atomic mass is 10.2. The van der Waals surface area contributed by atoms with Gasteiger partial charge in [0.05, 0.1) is 21.8 Å². The normalized spacial score (nSPS) is 16.5. The van der Waals surface area contributed by atoms with E-state index in [1.54, 1.807) is 24.4 Å². The number of hydrogen-bond acceptors (Lipinski definition) is 6. The van der Waals surface area contributed by atoms with Gasteiger partial charge in [0.25, 0.3) is 0 Å². The Kier molecular flexibility index (Phi) is 6.49. The molecule has 0 radical (unpaired) electrons. The highest BCUT2D eigenvalue weighted by atomic mass is 32.2. The molecule has 5 rings (SSSR count). The third kappa shape index (κ3) is 4.59. The average Bonchev–Trinajstić information content (AvgIpc) is 3.51. The van der Waals surface area contributed by atoms with Crippen molar-refractivity contribution in [2.24, 2.45) is 0 Å². The molecule has 2 aromatic carbocycles. The van der Waals surface area contributed by atoms with Crippen molar-refractivity contribution in [1.29, 1.82) is 0 Å². The van der Waals surface area contributed by atoms with Crippen molar-refractivity contribution in [3.63, 3.8) is 0 Å². The third-order valence-electron chi connectivity index (χ3n) is 5.85. The van der Waals surface area contributed by atoms with Crippen LogP contribution in [0.1, 0.15) is 18.5 Å². The summed E-state index contributed by atoms with van der Waals surface area (Å²) in [5, 5.41) is 0.0937. The minimum absolute atomic E-state index is 0.0511. The van der Waals surface area contributed by atoms with Crippen LogP contribution < -0.4 is 4.90 Å². The lowest BCUT2D eigenvalue weighted by Gasteiger charge is -2.28. The average molecular weight is 533 g/mol. The first-order valence-corrected chi connectivity index (χ1v) is 13.2. The predicted octanol–water partition coefficient (Wildman–Crippen LogP) is 4.50. The molecule has 1 aliphatic heterocycles. The fourth-order valence-corrected chi connectivity index (χ4v) is 6.81. The highest BCUT2D eigenvalue weighted by molar-refractivity contribution is 7.89. The smallest absolute Gasteiger partial charge is 0.247 e. The summed E-state index contributed by atoms with van der Waals surface area (Å²) in [6.07, 6.45) is 2.24. The highest BCUT2D eigenvalue weighted by Gasteiger charge is 2.42. The summed E-state index contributed by atoms with van der Waals surface area (Å²) >= 11 is 0.923. The fraction of sp³-hybridized carbons (Fsp3) is 0.208. The minimum atomic E-state index is -4.10. The Morgan fingerprint density at radius 1 is 1.08 bits per heavy atom. The molecule has 12 heteroatoms. The van der Waals surface area contributed by atoms with Crippen molar-refractivity contribution < 1.29 is 26.4 Å². The number of carbonyl (C=O) groups is 1. The Bertz CT molecular complexity index is 1530. The second-order valence-corrected chi connectivity index (χ2v) is 11.1. The zero-order valence-corrected chi connectivity index (χ0v) is 20.3. The van der Waals surface area contributed by atoms with Crippen LogP contribution >= 0.6 is 11.3 Å². The number of anilines is 1. The molecule has 1 fully saturated rings. The van der Waals surface area contributed by atoms with Crippen LogP contribution in [-0.4, -0.2) is 41.2 Å². The van der Waals surface area contributed by atoms with Gasteiger partial charge in [0.15, 0.2) is 10.9 Å². The van der Waals surface area contributed by atoms with E-state index in [-0.39, 0.29) is 39.8 Å². The molecular formula is C24H19F3N4O3S2. The first-order valence-electron chi connectivity index (χ1n) is 11.0. The fourth-order valence-electron chi connectivity index (χ4n) is 4.15. The number of nitrogens with zero attached hydrogens (tertiary/aromatic N) is 4. The van der Waals surface area contributed by atoms with E-state index < -0.39 is 39.4 Å². The van der Waals surface area contributed by atoms with E-state index in [1.165, 1.54) is 4.90 Å². The van der Waals surface area contributed by atoms with Gasteiger partial charge in [-0.15, -0.1) is 0 Å². The molecule has 0 aliphatic carbocycles. The monoisotopic (exact) mass is 532 g/mol. The van der Waals surface area contributed by atoms with Crippen LogP contribution in [0.4, 0.5) is 18.3 Å². The summed E-state index contributed by atoms with van der Waals surface area (Å²) in [6, 6.07) is 10.3. The van der Waals surface area contributed by atoms with Crippen molar-refractivity contribution in [2.45, 2.75) is 30.3 Å². The van der Waals surface area contributed by atoms with Crippen LogP contribution in [0.3, 0.4) is 0 Å².